The van der Waals surface area contributed by atoms with Crippen LogP contribution in [0.5, 0.6) is 5.75 Å². The molecule has 5 heteroatoms. The van der Waals surface area contributed by atoms with E-state index in [-0.39, 0.29) is 18.2 Å². The van der Waals surface area contributed by atoms with Gasteiger partial charge in [-0.25, -0.2) is 4.79 Å². The van der Waals surface area contributed by atoms with Crippen LogP contribution in [0.3, 0.4) is 0 Å². The average Bonchev–Trinajstić information content (AvgIpc) is 2.44. The maximum Gasteiger partial charge on any atom is 0.319 e. The van der Waals surface area contributed by atoms with Crippen LogP contribution in [0.15, 0.2) is 18.2 Å². The molecular weight excluding hydrogens is 256 g/mol. The monoisotopic (exact) mass is 278 g/mol. The van der Waals surface area contributed by atoms with Crippen molar-refractivity contribution in [1.29, 1.82) is 0 Å². The first-order valence-electron chi connectivity index (χ1n) is 6.98. The van der Waals surface area contributed by atoms with Gasteiger partial charge in [-0.1, -0.05) is 6.07 Å². The van der Waals surface area contributed by atoms with Gasteiger partial charge in [-0.15, -0.1) is 0 Å². The number of aliphatic hydroxyl groups excluding tert-OH is 1. The number of carbonyl (C=O) groups is 1. The third-order valence-corrected chi connectivity index (χ3v) is 3.72. The Labute approximate surface area is 119 Å². The first kappa shape index (κ1) is 14.7. The molecule has 0 heterocycles. The Bertz CT molecular complexity index is 468. The normalized spacial score (nSPS) is 22.1. The van der Waals surface area contributed by atoms with Crippen molar-refractivity contribution in [3.63, 3.8) is 0 Å². The molecule has 2 rings (SSSR count). The molecule has 0 radical (unpaired) electrons. The van der Waals surface area contributed by atoms with Gasteiger partial charge in [0.2, 0.25) is 0 Å². The lowest BCUT2D eigenvalue weighted by atomic mass is 9.93. The highest BCUT2D eigenvalue weighted by Gasteiger charge is 2.20. The number of anilines is 1. The van der Waals surface area contributed by atoms with Crippen LogP contribution in [-0.2, 0) is 0 Å². The third kappa shape index (κ3) is 3.87. The number of aliphatic hydroxyl groups is 1. The molecular formula is C15H22N2O3. The summed E-state index contributed by atoms with van der Waals surface area (Å²) < 4.78 is 5.15. The number of amides is 2. The van der Waals surface area contributed by atoms with Crippen LogP contribution in [0.2, 0.25) is 0 Å². The van der Waals surface area contributed by atoms with Crippen molar-refractivity contribution in [1.82, 2.24) is 5.32 Å². The number of ether oxygens (including phenoxy) is 1. The van der Waals surface area contributed by atoms with E-state index in [1.807, 2.05) is 19.1 Å². The standard InChI is InChI=1S/C15H22N2O3/c1-10-3-8-13(20-2)9-14(10)17-15(19)16-11-4-6-12(18)7-5-11/h3,8-9,11-12,18H,4-7H2,1-2H3,(H2,16,17,19). The Kier molecular flexibility index (Phi) is 4.84. The summed E-state index contributed by atoms with van der Waals surface area (Å²) >= 11 is 0. The number of benzene rings is 1. The van der Waals surface area contributed by atoms with Crippen molar-refractivity contribution >= 4 is 11.7 Å². The summed E-state index contributed by atoms with van der Waals surface area (Å²) in [7, 11) is 1.60. The Morgan fingerprint density at radius 2 is 2.00 bits per heavy atom. The second-order valence-corrected chi connectivity index (χ2v) is 5.28. The number of hydrogen-bond acceptors (Lipinski definition) is 3. The molecule has 1 aromatic rings. The fourth-order valence-corrected chi connectivity index (χ4v) is 2.43. The van der Waals surface area contributed by atoms with E-state index in [0.717, 1.165) is 36.9 Å². The maximum atomic E-state index is 12.0. The fourth-order valence-electron chi connectivity index (χ4n) is 2.43. The third-order valence-electron chi connectivity index (χ3n) is 3.72. The van der Waals surface area contributed by atoms with Crippen molar-refractivity contribution in [2.75, 3.05) is 12.4 Å². The zero-order chi connectivity index (χ0) is 14.5. The molecule has 0 aromatic heterocycles. The van der Waals surface area contributed by atoms with Crippen molar-refractivity contribution in [3.8, 4) is 5.75 Å². The number of carbonyl (C=O) groups excluding carboxylic acids is 1. The number of nitrogens with one attached hydrogen (secondary N) is 2. The van der Waals surface area contributed by atoms with Gasteiger partial charge in [0, 0.05) is 17.8 Å². The van der Waals surface area contributed by atoms with E-state index in [1.54, 1.807) is 13.2 Å². The van der Waals surface area contributed by atoms with Crippen LogP contribution in [0.1, 0.15) is 31.2 Å². The smallest absolute Gasteiger partial charge is 0.319 e. The van der Waals surface area contributed by atoms with E-state index in [2.05, 4.69) is 10.6 Å². The summed E-state index contributed by atoms with van der Waals surface area (Å²) in [5, 5.41) is 15.2. The highest BCUT2D eigenvalue weighted by molar-refractivity contribution is 5.90. The lowest BCUT2D eigenvalue weighted by Gasteiger charge is -2.26. The van der Waals surface area contributed by atoms with Gasteiger partial charge in [-0.3, -0.25) is 0 Å². The van der Waals surface area contributed by atoms with Gasteiger partial charge in [0.25, 0.3) is 0 Å². The molecule has 0 bridgehead atoms. The molecule has 0 unspecified atom stereocenters. The quantitative estimate of drug-likeness (QED) is 0.795. The SMILES string of the molecule is COc1ccc(C)c(NC(=O)NC2CCC(O)CC2)c1. The minimum atomic E-state index is -0.211. The molecule has 3 N–H and O–H groups in total. The Morgan fingerprint density at radius 3 is 2.65 bits per heavy atom. The van der Waals surface area contributed by atoms with Gasteiger partial charge in [0.15, 0.2) is 0 Å². The number of methoxy groups -OCH3 is 1. The number of urea groups is 1. The van der Waals surface area contributed by atoms with Crippen LogP contribution in [0.25, 0.3) is 0 Å². The maximum absolute atomic E-state index is 12.0. The van der Waals surface area contributed by atoms with Gasteiger partial charge in [0.05, 0.1) is 13.2 Å². The molecule has 0 atom stereocenters. The van der Waals surface area contributed by atoms with Crippen molar-refractivity contribution in [3.05, 3.63) is 23.8 Å². The Morgan fingerprint density at radius 1 is 1.30 bits per heavy atom. The van der Waals surface area contributed by atoms with Crippen LogP contribution < -0.4 is 15.4 Å². The number of aryl methyl sites for hydroxylation is 1. The number of hydrogen-bond donors (Lipinski definition) is 3. The molecule has 2 amide bonds. The van der Waals surface area contributed by atoms with Gasteiger partial charge in [-0.2, -0.15) is 0 Å². The average molecular weight is 278 g/mol. The molecule has 110 valence electrons. The molecule has 0 spiro atoms. The summed E-state index contributed by atoms with van der Waals surface area (Å²) in [5.74, 6) is 0.715. The van der Waals surface area contributed by atoms with Crippen molar-refractivity contribution in [2.24, 2.45) is 0 Å². The minimum Gasteiger partial charge on any atom is -0.497 e. The highest BCUT2D eigenvalue weighted by atomic mass is 16.5. The summed E-state index contributed by atoms with van der Waals surface area (Å²) in [4.78, 5) is 12.0. The summed E-state index contributed by atoms with van der Waals surface area (Å²) in [5.41, 5.74) is 1.73. The predicted molar refractivity (Wildman–Crippen MR) is 78.1 cm³/mol. The highest BCUT2D eigenvalue weighted by Crippen LogP contribution is 2.22. The predicted octanol–water partition coefficient (Wildman–Crippen LogP) is 2.43. The van der Waals surface area contributed by atoms with E-state index in [4.69, 9.17) is 4.74 Å². The van der Waals surface area contributed by atoms with E-state index in [1.165, 1.54) is 0 Å². The first-order chi connectivity index (χ1) is 9.58. The Hall–Kier alpha value is -1.75. The van der Waals surface area contributed by atoms with E-state index in [9.17, 15) is 9.90 Å². The molecule has 0 aliphatic heterocycles. The summed E-state index contributed by atoms with van der Waals surface area (Å²) in [6.07, 6.45) is 2.95. The van der Waals surface area contributed by atoms with Gasteiger partial charge >= 0.3 is 6.03 Å². The second kappa shape index (κ2) is 6.61. The molecule has 1 aromatic carbocycles. The topological polar surface area (TPSA) is 70.6 Å². The van der Waals surface area contributed by atoms with Crippen LogP contribution in [0.4, 0.5) is 10.5 Å². The van der Waals surface area contributed by atoms with Gasteiger partial charge in [-0.05, 0) is 44.2 Å². The zero-order valence-corrected chi connectivity index (χ0v) is 12.0. The lowest BCUT2D eigenvalue weighted by molar-refractivity contribution is 0.118. The van der Waals surface area contributed by atoms with Crippen molar-refractivity contribution < 1.29 is 14.6 Å². The van der Waals surface area contributed by atoms with Crippen LogP contribution in [-0.4, -0.2) is 30.4 Å². The van der Waals surface area contributed by atoms with E-state index in [0.29, 0.717) is 5.75 Å². The summed E-state index contributed by atoms with van der Waals surface area (Å²) in [6.45, 7) is 1.94. The van der Waals surface area contributed by atoms with Crippen molar-refractivity contribution in [2.45, 2.75) is 44.8 Å². The summed E-state index contributed by atoms with van der Waals surface area (Å²) in [6, 6.07) is 5.51. The minimum absolute atomic E-state index is 0.143. The second-order valence-electron chi connectivity index (χ2n) is 5.28. The molecule has 1 aliphatic rings. The fraction of sp³-hybridized carbons (Fsp3) is 0.533. The molecule has 5 nitrogen and oxygen atoms in total. The van der Waals surface area contributed by atoms with Crippen LogP contribution in [0, 0.1) is 6.92 Å². The molecule has 1 saturated carbocycles. The van der Waals surface area contributed by atoms with Gasteiger partial charge < -0.3 is 20.5 Å². The first-order valence-corrected chi connectivity index (χ1v) is 6.98. The van der Waals surface area contributed by atoms with Crippen LogP contribution >= 0.6 is 0 Å². The molecule has 20 heavy (non-hydrogen) atoms. The number of rotatable bonds is 3. The largest absolute Gasteiger partial charge is 0.497 e. The van der Waals surface area contributed by atoms with E-state index < -0.39 is 0 Å². The molecule has 0 saturated heterocycles. The zero-order valence-electron chi connectivity index (χ0n) is 12.0. The molecule has 1 fully saturated rings. The van der Waals surface area contributed by atoms with Gasteiger partial charge in [0.1, 0.15) is 5.75 Å². The lowest BCUT2D eigenvalue weighted by Crippen LogP contribution is -2.41. The van der Waals surface area contributed by atoms with E-state index >= 15 is 0 Å². The molecule has 1 aliphatic carbocycles. The Balaban J connectivity index is 1.91.